The van der Waals surface area contributed by atoms with Gasteiger partial charge in [-0.15, -0.1) is 0 Å². The number of hydrogen-bond donors (Lipinski definition) is 1. The predicted molar refractivity (Wildman–Crippen MR) is 96.2 cm³/mol. The van der Waals surface area contributed by atoms with Crippen LogP contribution in [0.25, 0.3) is 0 Å². The highest BCUT2D eigenvalue weighted by atomic mass is 16.6. The largest absolute Gasteiger partial charge is 0.458 e. The Balaban J connectivity index is 1.79. The third-order valence-electron chi connectivity index (χ3n) is 4.44. The summed E-state index contributed by atoms with van der Waals surface area (Å²) >= 11 is 0. The molecule has 0 spiro atoms. The van der Waals surface area contributed by atoms with Gasteiger partial charge in [-0.1, -0.05) is 0 Å². The average Bonchev–Trinajstić information content (AvgIpc) is 2.87. The second-order valence-corrected chi connectivity index (χ2v) is 7.76. The molecular weight excluding hydrogens is 352 g/mol. The number of morpholine rings is 1. The fourth-order valence-corrected chi connectivity index (χ4v) is 3.19. The normalized spacial score (nSPS) is 21.3. The van der Waals surface area contributed by atoms with Crippen molar-refractivity contribution in [1.82, 2.24) is 4.90 Å². The van der Waals surface area contributed by atoms with Crippen LogP contribution in [0.4, 0.5) is 5.69 Å². The molecule has 27 heavy (non-hydrogen) atoms. The molecule has 3 rings (SSSR count). The fraction of sp³-hybridized carbons (Fsp3) is 0.526. The summed E-state index contributed by atoms with van der Waals surface area (Å²) in [5, 5.41) is 10.3. The average molecular weight is 376 g/mol. The molecule has 2 atom stereocenters. The Kier molecular flexibility index (Phi) is 4.96. The maximum Gasteiger partial charge on any atom is 0.338 e. The van der Waals surface area contributed by atoms with Crippen LogP contribution in [0.2, 0.25) is 0 Å². The van der Waals surface area contributed by atoms with E-state index in [1.807, 2.05) is 0 Å². The minimum Gasteiger partial charge on any atom is -0.458 e. The zero-order valence-electron chi connectivity index (χ0n) is 15.9. The SMILES string of the molecule is CN1Cc2cc(N3CCO[C@H]([C@@H](O)C(=O)OC(C)(C)C)C3=O)ccc2C1=O. The second-order valence-electron chi connectivity index (χ2n) is 7.76. The highest BCUT2D eigenvalue weighted by Gasteiger charge is 2.41. The van der Waals surface area contributed by atoms with E-state index in [1.54, 1.807) is 50.9 Å². The summed E-state index contributed by atoms with van der Waals surface area (Å²) < 4.78 is 10.5. The van der Waals surface area contributed by atoms with Gasteiger partial charge in [-0.05, 0) is 44.5 Å². The van der Waals surface area contributed by atoms with Gasteiger partial charge >= 0.3 is 5.97 Å². The molecule has 1 fully saturated rings. The first kappa shape index (κ1) is 19.3. The molecule has 1 aromatic carbocycles. The molecule has 1 N–H and O–H groups in total. The monoisotopic (exact) mass is 376 g/mol. The van der Waals surface area contributed by atoms with Gasteiger partial charge in [0, 0.05) is 31.4 Å². The molecule has 8 nitrogen and oxygen atoms in total. The highest BCUT2D eigenvalue weighted by Crippen LogP contribution is 2.28. The van der Waals surface area contributed by atoms with Crippen LogP contribution < -0.4 is 4.90 Å². The topological polar surface area (TPSA) is 96.4 Å². The number of hydrogen-bond acceptors (Lipinski definition) is 6. The summed E-state index contributed by atoms with van der Waals surface area (Å²) in [7, 11) is 1.72. The lowest BCUT2D eigenvalue weighted by molar-refractivity contribution is -0.177. The summed E-state index contributed by atoms with van der Waals surface area (Å²) in [6, 6.07) is 5.17. The smallest absolute Gasteiger partial charge is 0.338 e. The van der Waals surface area contributed by atoms with E-state index >= 15 is 0 Å². The van der Waals surface area contributed by atoms with Crippen LogP contribution >= 0.6 is 0 Å². The Labute approximate surface area is 157 Å². The molecule has 146 valence electrons. The summed E-state index contributed by atoms with van der Waals surface area (Å²) in [5.74, 6) is -1.47. The van der Waals surface area contributed by atoms with Crippen LogP contribution in [0, 0.1) is 0 Å². The molecule has 2 aliphatic heterocycles. The molecule has 1 saturated heterocycles. The van der Waals surface area contributed by atoms with E-state index in [4.69, 9.17) is 9.47 Å². The van der Waals surface area contributed by atoms with Crippen molar-refractivity contribution in [2.24, 2.45) is 0 Å². The van der Waals surface area contributed by atoms with Crippen LogP contribution in [-0.4, -0.2) is 65.8 Å². The number of aliphatic hydroxyl groups is 1. The van der Waals surface area contributed by atoms with Crippen LogP contribution in [0.5, 0.6) is 0 Å². The van der Waals surface area contributed by atoms with Crippen molar-refractivity contribution in [3.8, 4) is 0 Å². The zero-order chi connectivity index (χ0) is 19.9. The Morgan fingerprint density at radius 2 is 2.04 bits per heavy atom. The number of carbonyl (C=O) groups excluding carboxylic acids is 3. The molecule has 2 heterocycles. The Hall–Kier alpha value is -2.45. The van der Waals surface area contributed by atoms with Gasteiger partial charge < -0.3 is 24.4 Å². The molecule has 2 amide bonds. The van der Waals surface area contributed by atoms with Crippen molar-refractivity contribution < 1.29 is 29.0 Å². The lowest BCUT2D eigenvalue weighted by Gasteiger charge is -2.34. The number of ether oxygens (including phenoxy) is 2. The molecule has 2 aliphatic rings. The quantitative estimate of drug-likeness (QED) is 0.781. The number of amides is 2. The van der Waals surface area contributed by atoms with E-state index < -0.39 is 29.7 Å². The Morgan fingerprint density at radius 3 is 2.70 bits per heavy atom. The lowest BCUT2D eigenvalue weighted by atomic mass is 10.1. The molecule has 1 aromatic rings. The second kappa shape index (κ2) is 6.94. The molecule has 0 aliphatic carbocycles. The maximum absolute atomic E-state index is 12.8. The predicted octanol–water partition coefficient (Wildman–Crippen LogP) is 0.707. The van der Waals surface area contributed by atoms with Crippen LogP contribution in [0.3, 0.4) is 0 Å². The van der Waals surface area contributed by atoms with E-state index in [0.717, 1.165) is 5.56 Å². The third-order valence-corrected chi connectivity index (χ3v) is 4.44. The molecule has 0 saturated carbocycles. The van der Waals surface area contributed by atoms with Gasteiger partial charge in [0.2, 0.25) is 0 Å². The fourth-order valence-electron chi connectivity index (χ4n) is 3.19. The van der Waals surface area contributed by atoms with Gasteiger partial charge in [0.1, 0.15) is 5.60 Å². The third kappa shape index (κ3) is 3.81. The molecule has 0 bridgehead atoms. The zero-order valence-corrected chi connectivity index (χ0v) is 15.9. The minimum atomic E-state index is -1.71. The number of nitrogens with zero attached hydrogens (tertiary/aromatic N) is 2. The summed E-state index contributed by atoms with van der Waals surface area (Å²) in [6.45, 7) is 5.97. The number of rotatable bonds is 3. The molecule has 0 radical (unpaired) electrons. The first-order valence-corrected chi connectivity index (χ1v) is 8.81. The van der Waals surface area contributed by atoms with Gasteiger partial charge in [-0.2, -0.15) is 0 Å². The molecule has 0 aromatic heterocycles. The van der Waals surface area contributed by atoms with Crippen molar-refractivity contribution in [3.05, 3.63) is 29.3 Å². The van der Waals surface area contributed by atoms with Crippen LogP contribution in [-0.2, 0) is 25.6 Å². The number of aliphatic hydroxyl groups excluding tert-OH is 1. The van der Waals surface area contributed by atoms with Crippen molar-refractivity contribution in [1.29, 1.82) is 0 Å². The van der Waals surface area contributed by atoms with Gasteiger partial charge in [0.05, 0.1) is 6.61 Å². The van der Waals surface area contributed by atoms with Crippen molar-refractivity contribution >= 4 is 23.5 Å². The minimum absolute atomic E-state index is 0.0527. The number of fused-ring (bicyclic) bond motifs is 1. The summed E-state index contributed by atoms with van der Waals surface area (Å²) in [5.41, 5.74) is 1.27. The number of esters is 1. The van der Waals surface area contributed by atoms with Crippen molar-refractivity contribution in [2.75, 3.05) is 25.1 Å². The Bertz CT molecular complexity index is 785. The number of anilines is 1. The van der Waals surface area contributed by atoms with E-state index in [0.29, 0.717) is 24.3 Å². The van der Waals surface area contributed by atoms with Crippen molar-refractivity contribution in [2.45, 2.75) is 45.1 Å². The first-order valence-electron chi connectivity index (χ1n) is 8.81. The number of benzene rings is 1. The van der Waals surface area contributed by atoms with Gasteiger partial charge in [0.25, 0.3) is 11.8 Å². The van der Waals surface area contributed by atoms with Gasteiger partial charge in [-0.25, -0.2) is 4.79 Å². The van der Waals surface area contributed by atoms with Gasteiger partial charge in [-0.3, -0.25) is 9.59 Å². The van der Waals surface area contributed by atoms with E-state index in [2.05, 4.69) is 0 Å². The maximum atomic E-state index is 12.8. The first-order chi connectivity index (χ1) is 12.6. The lowest BCUT2D eigenvalue weighted by Crippen LogP contribution is -2.55. The number of carbonyl (C=O) groups is 3. The summed E-state index contributed by atoms with van der Waals surface area (Å²) in [4.78, 5) is 40.0. The van der Waals surface area contributed by atoms with E-state index in [-0.39, 0.29) is 12.5 Å². The van der Waals surface area contributed by atoms with Gasteiger partial charge in [0.15, 0.2) is 12.2 Å². The standard InChI is InChI=1S/C19H24N2O6/c1-19(2,3)27-18(25)14(22)15-17(24)21(7-8-26-15)12-5-6-13-11(9-12)10-20(4)16(13)23/h5-6,9,14-15,22H,7-8,10H2,1-4H3/t14-,15-/m1/s1. The van der Waals surface area contributed by atoms with Crippen LogP contribution in [0.15, 0.2) is 18.2 Å². The van der Waals surface area contributed by atoms with Crippen molar-refractivity contribution in [3.63, 3.8) is 0 Å². The Morgan fingerprint density at radius 1 is 1.33 bits per heavy atom. The van der Waals surface area contributed by atoms with Crippen LogP contribution in [0.1, 0.15) is 36.7 Å². The van der Waals surface area contributed by atoms with E-state index in [1.165, 1.54) is 4.90 Å². The highest BCUT2D eigenvalue weighted by molar-refractivity contribution is 6.02. The molecule has 8 heteroatoms. The summed E-state index contributed by atoms with van der Waals surface area (Å²) in [6.07, 6.45) is -3.03. The van der Waals surface area contributed by atoms with E-state index in [9.17, 15) is 19.5 Å². The molecular formula is C19H24N2O6. The molecule has 0 unspecified atom stereocenters.